The zero-order valence-electron chi connectivity index (χ0n) is 8.99. The fourth-order valence-corrected chi connectivity index (χ4v) is 1.93. The van der Waals surface area contributed by atoms with Crippen LogP contribution in [0.3, 0.4) is 0 Å². The van der Waals surface area contributed by atoms with E-state index in [1.807, 2.05) is 13.0 Å². The highest BCUT2D eigenvalue weighted by molar-refractivity contribution is 7.87. The maximum absolute atomic E-state index is 11.3. The van der Waals surface area contributed by atoms with Crippen molar-refractivity contribution < 1.29 is 13.2 Å². The van der Waals surface area contributed by atoms with E-state index in [-0.39, 0.29) is 6.54 Å². The molecule has 1 unspecified atom stereocenters. The van der Waals surface area contributed by atoms with E-state index in [4.69, 9.17) is 10.00 Å². The van der Waals surface area contributed by atoms with Gasteiger partial charge in [0.25, 0.3) is 10.2 Å². The van der Waals surface area contributed by atoms with Gasteiger partial charge in [-0.15, -0.1) is 0 Å². The monoisotopic (exact) mass is 235 g/mol. The van der Waals surface area contributed by atoms with Gasteiger partial charge in [-0.2, -0.15) is 23.1 Å². The second kappa shape index (κ2) is 7.59. The van der Waals surface area contributed by atoms with Gasteiger partial charge in [0.15, 0.2) is 0 Å². The molecule has 0 aliphatic carbocycles. The molecule has 0 rings (SSSR count). The Labute approximate surface area is 90.8 Å². The molecule has 0 fully saturated rings. The van der Waals surface area contributed by atoms with Crippen molar-refractivity contribution in [2.24, 2.45) is 0 Å². The molecule has 2 N–H and O–H groups in total. The highest BCUT2D eigenvalue weighted by Gasteiger charge is 2.15. The lowest BCUT2D eigenvalue weighted by molar-refractivity contribution is 0.204. The molecule has 1 atom stereocenters. The standard InChI is InChI=1S/C8H17N3O3S/c1-3-4-8(7-9)11-15(12,13)10-5-6-14-2/h8,10-11H,3-6H2,1-2H3. The van der Waals surface area contributed by atoms with Crippen LogP contribution in [0.1, 0.15) is 19.8 Å². The van der Waals surface area contributed by atoms with Crippen LogP contribution in [0.15, 0.2) is 0 Å². The van der Waals surface area contributed by atoms with E-state index in [0.29, 0.717) is 13.0 Å². The van der Waals surface area contributed by atoms with Gasteiger partial charge in [-0.25, -0.2) is 0 Å². The lowest BCUT2D eigenvalue weighted by atomic mass is 10.2. The molecule has 0 bridgehead atoms. The largest absolute Gasteiger partial charge is 0.383 e. The van der Waals surface area contributed by atoms with E-state index in [0.717, 1.165) is 6.42 Å². The second-order valence-corrected chi connectivity index (χ2v) is 4.51. The Bertz CT molecular complexity index is 297. The second-order valence-electron chi connectivity index (χ2n) is 2.98. The average Bonchev–Trinajstić information content (AvgIpc) is 2.17. The molecule has 0 saturated carbocycles. The maximum Gasteiger partial charge on any atom is 0.278 e. The summed E-state index contributed by atoms with van der Waals surface area (Å²) in [6.45, 7) is 2.37. The normalized spacial score (nSPS) is 13.4. The van der Waals surface area contributed by atoms with Crippen molar-refractivity contribution in [3.63, 3.8) is 0 Å². The van der Waals surface area contributed by atoms with Crippen LogP contribution in [0.5, 0.6) is 0 Å². The topological polar surface area (TPSA) is 91.2 Å². The van der Waals surface area contributed by atoms with Gasteiger partial charge in [0, 0.05) is 13.7 Å². The van der Waals surface area contributed by atoms with Gasteiger partial charge >= 0.3 is 0 Å². The van der Waals surface area contributed by atoms with Crippen LogP contribution in [-0.2, 0) is 14.9 Å². The van der Waals surface area contributed by atoms with Crippen LogP contribution in [-0.4, -0.2) is 34.7 Å². The first-order chi connectivity index (χ1) is 7.05. The number of nitrogens with one attached hydrogen (secondary N) is 2. The third kappa shape index (κ3) is 7.27. The molecular weight excluding hydrogens is 218 g/mol. The number of ether oxygens (including phenoxy) is 1. The van der Waals surface area contributed by atoms with Gasteiger partial charge in [-0.05, 0) is 6.42 Å². The number of hydrogen-bond acceptors (Lipinski definition) is 4. The number of methoxy groups -OCH3 is 1. The molecule has 0 aromatic carbocycles. The fraction of sp³-hybridized carbons (Fsp3) is 0.875. The van der Waals surface area contributed by atoms with Gasteiger partial charge in [0.05, 0.1) is 12.7 Å². The van der Waals surface area contributed by atoms with Gasteiger partial charge in [-0.3, -0.25) is 0 Å². The molecule has 0 saturated heterocycles. The molecule has 7 heteroatoms. The zero-order valence-corrected chi connectivity index (χ0v) is 9.80. The molecule has 0 aliphatic heterocycles. The number of hydrogen-bond donors (Lipinski definition) is 2. The molecular formula is C8H17N3O3S. The zero-order chi connectivity index (χ0) is 11.7. The van der Waals surface area contributed by atoms with Crippen LogP contribution in [0.4, 0.5) is 0 Å². The summed E-state index contributed by atoms with van der Waals surface area (Å²) in [5.41, 5.74) is 0. The molecule has 0 amide bonds. The average molecular weight is 235 g/mol. The highest BCUT2D eigenvalue weighted by atomic mass is 32.2. The molecule has 0 radical (unpaired) electrons. The first-order valence-corrected chi connectivity index (χ1v) is 6.19. The van der Waals surface area contributed by atoms with E-state index in [1.54, 1.807) is 0 Å². The van der Waals surface area contributed by atoms with Crippen molar-refractivity contribution in [1.82, 2.24) is 9.44 Å². The highest BCUT2D eigenvalue weighted by Crippen LogP contribution is 1.96. The summed E-state index contributed by atoms with van der Waals surface area (Å²) in [5.74, 6) is 0. The van der Waals surface area contributed by atoms with Crippen molar-refractivity contribution in [3.8, 4) is 6.07 Å². The Balaban J connectivity index is 4.06. The summed E-state index contributed by atoms with van der Waals surface area (Å²) in [6, 6.07) is 1.22. The minimum Gasteiger partial charge on any atom is -0.383 e. The lowest BCUT2D eigenvalue weighted by Crippen LogP contribution is -2.43. The van der Waals surface area contributed by atoms with E-state index in [1.165, 1.54) is 7.11 Å². The summed E-state index contributed by atoms with van der Waals surface area (Å²) >= 11 is 0. The fourth-order valence-electron chi connectivity index (χ4n) is 0.946. The Morgan fingerprint density at radius 3 is 2.67 bits per heavy atom. The van der Waals surface area contributed by atoms with Crippen LogP contribution < -0.4 is 9.44 Å². The molecule has 6 nitrogen and oxygen atoms in total. The minimum atomic E-state index is -3.59. The smallest absolute Gasteiger partial charge is 0.278 e. The van der Waals surface area contributed by atoms with Crippen molar-refractivity contribution >= 4 is 10.2 Å². The van der Waals surface area contributed by atoms with Gasteiger partial charge in [0.2, 0.25) is 0 Å². The SMILES string of the molecule is CCCC(C#N)NS(=O)(=O)NCCOC. The quantitative estimate of drug-likeness (QED) is 0.567. The van der Waals surface area contributed by atoms with E-state index < -0.39 is 16.3 Å². The lowest BCUT2D eigenvalue weighted by Gasteiger charge is -2.11. The predicted molar refractivity (Wildman–Crippen MR) is 56.2 cm³/mol. The van der Waals surface area contributed by atoms with Gasteiger partial charge in [0.1, 0.15) is 6.04 Å². The number of rotatable bonds is 8. The van der Waals surface area contributed by atoms with E-state index in [9.17, 15) is 8.42 Å². The summed E-state index contributed by atoms with van der Waals surface area (Å²) < 4.78 is 31.9. The molecule has 0 aliphatic rings. The molecule has 0 aromatic rings. The number of nitriles is 1. The first kappa shape index (κ1) is 14.3. The van der Waals surface area contributed by atoms with Crippen molar-refractivity contribution in [2.45, 2.75) is 25.8 Å². The third-order valence-corrected chi connectivity index (χ3v) is 2.81. The minimum absolute atomic E-state index is 0.191. The molecule has 0 aromatic heterocycles. The van der Waals surface area contributed by atoms with Crippen LogP contribution in [0.25, 0.3) is 0 Å². The molecule has 0 spiro atoms. The van der Waals surface area contributed by atoms with Crippen LogP contribution in [0.2, 0.25) is 0 Å². The molecule has 0 heterocycles. The number of nitrogens with zero attached hydrogens (tertiary/aromatic N) is 1. The Hall–Kier alpha value is -0.680. The predicted octanol–water partition coefficient (Wildman–Crippen LogP) is -0.251. The summed E-state index contributed by atoms with van der Waals surface area (Å²) in [4.78, 5) is 0. The van der Waals surface area contributed by atoms with Crippen LogP contribution in [0, 0.1) is 11.3 Å². The third-order valence-electron chi connectivity index (χ3n) is 1.63. The molecule has 15 heavy (non-hydrogen) atoms. The first-order valence-electron chi connectivity index (χ1n) is 4.71. The summed E-state index contributed by atoms with van der Waals surface area (Å²) in [6.07, 6.45) is 1.25. The van der Waals surface area contributed by atoms with E-state index in [2.05, 4.69) is 9.44 Å². The van der Waals surface area contributed by atoms with Crippen molar-refractivity contribution in [1.29, 1.82) is 5.26 Å². The Morgan fingerprint density at radius 2 is 2.20 bits per heavy atom. The van der Waals surface area contributed by atoms with Crippen LogP contribution >= 0.6 is 0 Å². The van der Waals surface area contributed by atoms with Gasteiger partial charge < -0.3 is 4.74 Å². The van der Waals surface area contributed by atoms with E-state index >= 15 is 0 Å². The Morgan fingerprint density at radius 1 is 1.53 bits per heavy atom. The van der Waals surface area contributed by atoms with Crippen molar-refractivity contribution in [2.75, 3.05) is 20.3 Å². The summed E-state index contributed by atoms with van der Waals surface area (Å²) in [5, 5.41) is 8.66. The Kier molecular flexibility index (Phi) is 7.25. The summed E-state index contributed by atoms with van der Waals surface area (Å²) in [7, 11) is -2.11. The maximum atomic E-state index is 11.3. The van der Waals surface area contributed by atoms with Crippen molar-refractivity contribution in [3.05, 3.63) is 0 Å². The van der Waals surface area contributed by atoms with Gasteiger partial charge in [-0.1, -0.05) is 13.3 Å². The molecule has 88 valence electrons.